The van der Waals surface area contributed by atoms with Crippen molar-refractivity contribution in [3.05, 3.63) is 34.9 Å². The fourth-order valence-electron chi connectivity index (χ4n) is 5.03. The van der Waals surface area contributed by atoms with E-state index < -0.39 is 6.04 Å². The van der Waals surface area contributed by atoms with Gasteiger partial charge in [0.2, 0.25) is 11.8 Å². The smallest absolute Gasteiger partial charge is 0.255 e. The van der Waals surface area contributed by atoms with Gasteiger partial charge in [-0.1, -0.05) is 19.1 Å². The van der Waals surface area contributed by atoms with Crippen molar-refractivity contribution in [3.8, 4) is 0 Å². The Morgan fingerprint density at radius 3 is 2.72 bits per heavy atom. The molecule has 4 unspecified atom stereocenters. The summed E-state index contributed by atoms with van der Waals surface area (Å²) in [6.07, 6.45) is 1.81. The molecule has 0 radical (unpaired) electrons. The molecule has 156 valence electrons. The Morgan fingerprint density at radius 1 is 1.21 bits per heavy atom. The third kappa shape index (κ3) is 3.81. The average Bonchev–Trinajstić information content (AvgIpc) is 3.00. The predicted molar refractivity (Wildman–Crippen MR) is 109 cm³/mol. The maximum atomic E-state index is 12.8. The molecule has 3 N–H and O–H groups in total. The molecule has 0 aliphatic carbocycles. The second-order valence-corrected chi connectivity index (χ2v) is 8.88. The van der Waals surface area contributed by atoms with Crippen LogP contribution in [0.3, 0.4) is 0 Å². The Hall–Kier alpha value is -2.25. The highest BCUT2D eigenvalue weighted by molar-refractivity contribution is 6.05. The van der Waals surface area contributed by atoms with E-state index in [-0.39, 0.29) is 24.1 Å². The monoisotopic (exact) mass is 398 g/mol. The van der Waals surface area contributed by atoms with Crippen LogP contribution in [0.4, 0.5) is 0 Å². The van der Waals surface area contributed by atoms with Gasteiger partial charge in [-0.05, 0) is 55.3 Å². The summed E-state index contributed by atoms with van der Waals surface area (Å²) in [5.74, 6) is 0.408. The lowest BCUT2D eigenvalue weighted by Gasteiger charge is -2.41. The number of nitrogens with two attached hydrogens (primary N) is 1. The average molecular weight is 399 g/mol. The number of amides is 3. The lowest BCUT2D eigenvalue weighted by molar-refractivity contribution is -0.136. The Balaban J connectivity index is 1.48. The molecule has 29 heavy (non-hydrogen) atoms. The maximum absolute atomic E-state index is 12.8. The first-order chi connectivity index (χ1) is 13.9. The summed E-state index contributed by atoms with van der Waals surface area (Å²) >= 11 is 0. The van der Waals surface area contributed by atoms with E-state index in [0.29, 0.717) is 43.0 Å². The number of hydrogen-bond donors (Lipinski definition) is 2. The first-order valence-corrected chi connectivity index (χ1v) is 10.6. The number of benzene rings is 1. The summed E-state index contributed by atoms with van der Waals surface area (Å²) < 4.78 is 0. The number of piperidine rings is 2. The summed E-state index contributed by atoms with van der Waals surface area (Å²) in [5, 5.41) is 2.35. The van der Waals surface area contributed by atoms with Crippen molar-refractivity contribution >= 4 is 17.7 Å². The van der Waals surface area contributed by atoms with Crippen LogP contribution in [0.25, 0.3) is 0 Å². The first-order valence-electron chi connectivity index (χ1n) is 10.6. The quantitative estimate of drug-likeness (QED) is 0.745. The second-order valence-electron chi connectivity index (χ2n) is 8.88. The second kappa shape index (κ2) is 7.88. The SMILES string of the molecule is CC1CC(C)N(Cc2ccc3c(c2)CN(C2CCC(=O)NC2=O)C3=O)CC1CN. The lowest BCUT2D eigenvalue weighted by Crippen LogP contribution is -2.52. The van der Waals surface area contributed by atoms with Crippen LogP contribution in [0.1, 0.15) is 54.6 Å². The van der Waals surface area contributed by atoms with Gasteiger partial charge in [-0.2, -0.15) is 0 Å². The van der Waals surface area contributed by atoms with E-state index >= 15 is 0 Å². The molecule has 3 heterocycles. The molecule has 2 fully saturated rings. The highest BCUT2D eigenvalue weighted by atomic mass is 16.2. The number of nitrogens with one attached hydrogen (secondary N) is 1. The van der Waals surface area contributed by atoms with E-state index in [1.165, 1.54) is 5.56 Å². The van der Waals surface area contributed by atoms with Gasteiger partial charge in [-0.15, -0.1) is 0 Å². The molecule has 0 bridgehead atoms. The van der Waals surface area contributed by atoms with Crippen LogP contribution in [0.5, 0.6) is 0 Å². The number of carbonyl (C=O) groups is 3. The van der Waals surface area contributed by atoms with Crippen LogP contribution < -0.4 is 11.1 Å². The van der Waals surface area contributed by atoms with Gasteiger partial charge in [-0.3, -0.25) is 24.6 Å². The molecule has 0 spiro atoms. The summed E-state index contributed by atoms with van der Waals surface area (Å²) in [6.45, 7) is 7.53. The van der Waals surface area contributed by atoms with Gasteiger partial charge in [0.1, 0.15) is 6.04 Å². The van der Waals surface area contributed by atoms with Crippen molar-refractivity contribution in [3.63, 3.8) is 0 Å². The minimum atomic E-state index is -0.565. The van der Waals surface area contributed by atoms with E-state index in [9.17, 15) is 14.4 Å². The largest absolute Gasteiger partial charge is 0.330 e. The van der Waals surface area contributed by atoms with E-state index in [1.807, 2.05) is 12.1 Å². The zero-order chi connectivity index (χ0) is 20.7. The molecule has 4 atom stereocenters. The molecule has 3 amide bonds. The van der Waals surface area contributed by atoms with E-state index in [0.717, 1.165) is 25.1 Å². The summed E-state index contributed by atoms with van der Waals surface area (Å²) in [4.78, 5) is 40.5. The highest BCUT2D eigenvalue weighted by Crippen LogP contribution is 2.31. The summed E-state index contributed by atoms with van der Waals surface area (Å²) in [7, 11) is 0. The van der Waals surface area contributed by atoms with Crippen LogP contribution in [0.2, 0.25) is 0 Å². The number of hydrogen-bond acceptors (Lipinski definition) is 5. The minimum Gasteiger partial charge on any atom is -0.330 e. The van der Waals surface area contributed by atoms with E-state index in [4.69, 9.17) is 5.73 Å². The molecular weight excluding hydrogens is 368 g/mol. The van der Waals surface area contributed by atoms with E-state index in [2.05, 4.69) is 30.1 Å². The standard InChI is InChI=1S/C22H30N4O3/c1-13-7-14(2)25(11-17(13)9-23)10-15-3-4-18-16(8-15)12-26(22(18)29)19-5-6-20(27)24-21(19)28/h3-4,8,13-14,17,19H,5-7,9-12,23H2,1-2H3,(H,24,27,28). The van der Waals surface area contributed by atoms with Crippen molar-refractivity contribution in [2.45, 2.75) is 58.3 Å². The number of rotatable bonds is 4. The summed E-state index contributed by atoms with van der Waals surface area (Å²) in [5.41, 5.74) is 8.77. The number of nitrogens with zero attached hydrogens (tertiary/aromatic N) is 2. The van der Waals surface area contributed by atoms with Crippen LogP contribution >= 0.6 is 0 Å². The zero-order valence-electron chi connectivity index (χ0n) is 17.2. The van der Waals surface area contributed by atoms with Crippen LogP contribution in [-0.4, -0.2) is 52.7 Å². The third-order valence-corrected chi connectivity index (χ3v) is 6.89. The van der Waals surface area contributed by atoms with E-state index in [1.54, 1.807) is 4.90 Å². The molecule has 3 aliphatic rings. The molecule has 7 nitrogen and oxygen atoms in total. The van der Waals surface area contributed by atoms with Crippen LogP contribution in [0.15, 0.2) is 18.2 Å². The highest BCUT2D eigenvalue weighted by Gasteiger charge is 2.39. The van der Waals surface area contributed by atoms with Gasteiger partial charge in [-0.25, -0.2) is 0 Å². The van der Waals surface area contributed by atoms with Gasteiger partial charge in [0.25, 0.3) is 5.91 Å². The minimum absolute atomic E-state index is 0.121. The fraction of sp³-hybridized carbons (Fsp3) is 0.591. The fourth-order valence-corrected chi connectivity index (χ4v) is 5.03. The van der Waals surface area contributed by atoms with Crippen LogP contribution in [-0.2, 0) is 22.7 Å². The van der Waals surface area contributed by atoms with Crippen molar-refractivity contribution in [1.29, 1.82) is 0 Å². The van der Waals surface area contributed by atoms with Crippen molar-refractivity contribution in [1.82, 2.24) is 15.1 Å². The number of carbonyl (C=O) groups excluding carboxylic acids is 3. The van der Waals surface area contributed by atoms with Crippen molar-refractivity contribution < 1.29 is 14.4 Å². The molecule has 2 saturated heterocycles. The van der Waals surface area contributed by atoms with Gasteiger partial charge in [0.05, 0.1) is 0 Å². The lowest BCUT2D eigenvalue weighted by atomic mass is 9.83. The molecule has 1 aromatic rings. The topological polar surface area (TPSA) is 95.7 Å². The Bertz CT molecular complexity index is 839. The molecule has 4 rings (SSSR count). The van der Waals surface area contributed by atoms with Crippen molar-refractivity contribution in [2.24, 2.45) is 17.6 Å². The Kier molecular flexibility index (Phi) is 5.44. The first kappa shape index (κ1) is 20.0. The number of imide groups is 1. The van der Waals surface area contributed by atoms with Gasteiger partial charge in [0, 0.05) is 37.7 Å². The van der Waals surface area contributed by atoms with Crippen molar-refractivity contribution in [2.75, 3.05) is 13.1 Å². The normalized spacial score (nSPS) is 30.4. The molecule has 1 aromatic carbocycles. The number of fused-ring (bicyclic) bond motifs is 1. The zero-order valence-corrected chi connectivity index (χ0v) is 17.2. The van der Waals surface area contributed by atoms with Crippen LogP contribution in [0, 0.1) is 11.8 Å². The van der Waals surface area contributed by atoms with Gasteiger partial charge in [0.15, 0.2) is 0 Å². The molecular formula is C22H30N4O3. The predicted octanol–water partition coefficient (Wildman–Crippen LogP) is 1.25. The molecule has 0 aromatic heterocycles. The maximum Gasteiger partial charge on any atom is 0.255 e. The Morgan fingerprint density at radius 2 is 2.00 bits per heavy atom. The molecule has 7 heteroatoms. The van der Waals surface area contributed by atoms with Gasteiger partial charge < -0.3 is 10.6 Å². The molecule has 3 aliphatic heterocycles. The Labute approximate surface area is 171 Å². The summed E-state index contributed by atoms with van der Waals surface area (Å²) in [6, 6.07) is 5.94. The van der Waals surface area contributed by atoms with Gasteiger partial charge >= 0.3 is 0 Å². The molecule has 0 saturated carbocycles. The number of likely N-dealkylation sites (tertiary alicyclic amines) is 1. The third-order valence-electron chi connectivity index (χ3n) is 6.89.